The van der Waals surface area contributed by atoms with Gasteiger partial charge in [-0.25, -0.2) is 0 Å². The highest BCUT2D eigenvalue weighted by atomic mass is 35.5. The van der Waals surface area contributed by atoms with Crippen molar-refractivity contribution in [2.75, 3.05) is 6.61 Å². The predicted molar refractivity (Wildman–Crippen MR) is 111 cm³/mol. The number of benzene rings is 2. The number of nitrogens with zero attached hydrogens (tertiary/aromatic N) is 2. The Kier molecular flexibility index (Phi) is 5.14. The summed E-state index contributed by atoms with van der Waals surface area (Å²) in [4.78, 5) is 0.801. The topological polar surface area (TPSA) is 48.2 Å². The van der Waals surface area contributed by atoms with E-state index < -0.39 is 0 Å². The average molecular weight is 399 g/mol. The van der Waals surface area contributed by atoms with Crippen LogP contribution in [-0.2, 0) is 0 Å². The van der Waals surface area contributed by atoms with Gasteiger partial charge in [0.2, 0.25) is 5.89 Å². The lowest BCUT2D eigenvalue weighted by Gasteiger charge is -2.04. The first-order valence-electron chi connectivity index (χ1n) is 8.91. The van der Waals surface area contributed by atoms with Crippen molar-refractivity contribution < 1.29 is 9.15 Å². The van der Waals surface area contributed by atoms with Gasteiger partial charge in [0.1, 0.15) is 10.6 Å². The molecule has 2 aromatic carbocycles. The fraction of sp³-hybridized carbons (Fsp3) is 0.238. The second kappa shape index (κ2) is 7.71. The van der Waals surface area contributed by atoms with Crippen molar-refractivity contribution in [1.29, 1.82) is 0 Å². The molecular weight excluding hydrogens is 380 g/mol. The molecule has 0 spiro atoms. The van der Waals surface area contributed by atoms with Crippen molar-refractivity contribution in [3.8, 4) is 28.0 Å². The molecule has 2 heterocycles. The maximum absolute atomic E-state index is 6.55. The molecule has 0 aliphatic heterocycles. The Morgan fingerprint density at radius 1 is 1.07 bits per heavy atom. The van der Waals surface area contributed by atoms with Crippen LogP contribution in [0.2, 0.25) is 5.02 Å². The molecule has 138 valence electrons. The number of aryl methyl sites for hydroxylation is 1. The van der Waals surface area contributed by atoms with E-state index in [0.717, 1.165) is 45.7 Å². The molecular formula is C21H19ClN2O2S. The van der Waals surface area contributed by atoms with Crippen LogP contribution in [0.1, 0.15) is 25.3 Å². The van der Waals surface area contributed by atoms with E-state index in [9.17, 15) is 0 Å². The number of fused-ring (bicyclic) bond motifs is 1. The van der Waals surface area contributed by atoms with Crippen molar-refractivity contribution in [3.05, 3.63) is 53.1 Å². The van der Waals surface area contributed by atoms with E-state index in [-0.39, 0.29) is 0 Å². The molecule has 0 unspecified atom stereocenters. The first-order valence-corrected chi connectivity index (χ1v) is 10.1. The summed E-state index contributed by atoms with van der Waals surface area (Å²) in [5.74, 6) is 1.75. The van der Waals surface area contributed by atoms with Crippen LogP contribution in [0.4, 0.5) is 0 Å². The molecule has 27 heavy (non-hydrogen) atoms. The smallest absolute Gasteiger partial charge is 0.259 e. The molecule has 0 aliphatic carbocycles. The minimum atomic E-state index is 0.442. The van der Waals surface area contributed by atoms with Gasteiger partial charge in [0.25, 0.3) is 5.89 Å². The van der Waals surface area contributed by atoms with Gasteiger partial charge in [0.15, 0.2) is 0 Å². The van der Waals surface area contributed by atoms with Gasteiger partial charge in [-0.3, -0.25) is 0 Å². The van der Waals surface area contributed by atoms with E-state index in [1.54, 1.807) is 11.3 Å². The van der Waals surface area contributed by atoms with E-state index in [1.807, 2.05) is 36.4 Å². The van der Waals surface area contributed by atoms with Crippen LogP contribution in [0.3, 0.4) is 0 Å². The highest BCUT2D eigenvalue weighted by Gasteiger charge is 2.18. The van der Waals surface area contributed by atoms with Gasteiger partial charge in [-0.1, -0.05) is 37.1 Å². The fourth-order valence-electron chi connectivity index (χ4n) is 2.77. The lowest BCUT2D eigenvalue weighted by Crippen LogP contribution is -1.95. The molecule has 4 rings (SSSR count). The lowest BCUT2D eigenvalue weighted by atomic mass is 10.2. The Bertz CT molecular complexity index is 1070. The van der Waals surface area contributed by atoms with Crippen molar-refractivity contribution in [1.82, 2.24) is 10.2 Å². The summed E-state index contributed by atoms with van der Waals surface area (Å²) < 4.78 is 12.7. The molecule has 2 aromatic heterocycles. The monoisotopic (exact) mass is 398 g/mol. The zero-order valence-corrected chi connectivity index (χ0v) is 16.7. The molecule has 0 atom stereocenters. The number of hydrogen-bond acceptors (Lipinski definition) is 5. The normalized spacial score (nSPS) is 11.2. The van der Waals surface area contributed by atoms with Crippen LogP contribution >= 0.6 is 22.9 Å². The SMILES string of the molecule is CCCCOc1ccc(-c2nnc(-c3sc4cc(C)ccc4c3Cl)o2)cc1. The maximum atomic E-state index is 6.55. The van der Waals surface area contributed by atoms with Crippen LogP contribution in [0.25, 0.3) is 32.3 Å². The van der Waals surface area contributed by atoms with Crippen molar-refractivity contribution in [2.45, 2.75) is 26.7 Å². The summed E-state index contributed by atoms with van der Waals surface area (Å²) >= 11 is 8.11. The zero-order valence-electron chi connectivity index (χ0n) is 15.2. The Morgan fingerprint density at radius 2 is 1.85 bits per heavy atom. The number of ether oxygens (including phenoxy) is 1. The second-order valence-corrected chi connectivity index (χ2v) is 7.81. The van der Waals surface area contributed by atoms with Gasteiger partial charge < -0.3 is 9.15 Å². The first-order chi connectivity index (χ1) is 13.2. The van der Waals surface area contributed by atoms with E-state index in [4.69, 9.17) is 20.8 Å². The minimum absolute atomic E-state index is 0.442. The summed E-state index contributed by atoms with van der Waals surface area (Å²) in [7, 11) is 0. The average Bonchev–Trinajstić information content (AvgIpc) is 3.27. The van der Waals surface area contributed by atoms with Gasteiger partial charge in [0.05, 0.1) is 11.6 Å². The van der Waals surface area contributed by atoms with E-state index in [2.05, 4.69) is 30.1 Å². The van der Waals surface area contributed by atoms with Gasteiger partial charge in [-0.2, -0.15) is 0 Å². The first kappa shape index (κ1) is 18.0. The summed E-state index contributed by atoms with van der Waals surface area (Å²) in [5.41, 5.74) is 2.05. The third-order valence-corrected chi connectivity index (χ3v) is 5.92. The number of rotatable bonds is 6. The number of halogens is 1. The molecule has 0 N–H and O–H groups in total. The quantitative estimate of drug-likeness (QED) is 0.336. The minimum Gasteiger partial charge on any atom is -0.494 e. The van der Waals surface area contributed by atoms with Crippen LogP contribution < -0.4 is 4.74 Å². The Hall–Kier alpha value is -2.37. The Balaban J connectivity index is 1.59. The van der Waals surface area contributed by atoms with Crippen LogP contribution in [0.15, 0.2) is 46.9 Å². The molecule has 0 saturated heterocycles. The van der Waals surface area contributed by atoms with Gasteiger partial charge in [-0.15, -0.1) is 21.5 Å². The van der Waals surface area contributed by atoms with E-state index in [0.29, 0.717) is 16.8 Å². The molecule has 0 bridgehead atoms. The summed E-state index contributed by atoms with van der Waals surface area (Å²) in [6.45, 7) is 4.93. The highest BCUT2D eigenvalue weighted by molar-refractivity contribution is 7.23. The fourth-order valence-corrected chi connectivity index (χ4v) is 4.30. The maximum Gasteiger partial charge on any atom is 0.259 e. The Morgan fingerprint density at radius 3 is 2.63 bits per heavy atom. The van der Waals surface area contributed by atoms with Gasteiger partial charge in [0, 0.05) is 15.6 Å². The summed E-state index contributed by atoms with van der Waals surface area (Å²) in [6.07, 6.45) is 2.16. The van der Waals surface area contributed by atoms with Crippen molar-refractivity contribution in [3.63, 3.8) is 0 Å². The molecule has 6 heteroatoms. The third-order valence-electron chi connectivity index (χ3n) is 4.27. The summed E-state index contributed by atoms with van der Waals surface area (Å²) in [5, 5.41) is 10.1. The largest absolute Gasteiger partial charge is 0.494 e. The number of hydrogen-bond donors (Lipinski definition) is 0. The van der Waals surface area contributed by atoms with Crippen LogP contribution in [-0.4, -0.2) is 16.8 Å². The molecule has 0 aliphatic rings. The number of thiophene rings is 1. The molecule has 0 radical (unpaired) electrons. The van der Waals surface area contributed by atoms with Crippen LogP contribution in [0.5, 0.6) is 5.75 Å². The molecule has 4 nitrogen and oxygen atoms in total. The molecule has 0 amide bonds. The third kappa shape index (κ3) is 3.70. The van der Waals surface area contributed by atoms with Crippen molar-refractivity contribution >= 4 is 33.0 Å². The lowest BCUT2D eigenvalue weighted by molar-refractivity contribution is 0.309. The number of aromatic nitrogens is 2. The van der Waals surface area contributed by atoms with Gasteiger partial charge in [-0.05, 0) is 49.2 Å². The van der Waals surface area contributed by atoms with Crippen molar-refractivity contribution in [2.24, 2.45) is 0 Å². The highest BCUT2D eigenvalue weighted by Crippen LogP contribution is 2.42. The zero-order chi connectivity index (χ0) is 18.8. The summed E-state index contributed by atoms with van der Waals surface area (Å²) in [6, 6.07) is 13.9. The van der Waals surface area contributed by atoms with Crippen LogP contribution in [0, 0.1) is 6.92 Å². The number of unbranched alkanes of at least 4 members (excludes halogenated alkanes) is 1. The van der Waals surface area contributed by atoms with Gasteiger partial charge >= 0.3 is 0 Å². The Labute approximate surface area is 166 Å². The molecule has 4 aromatic rings. The second-order valence-electron chi connectivity index (χ2n) is 6.38. The molecule has 0 fully saturated rings. The predicted octanol–water partition coefficient (Wildman–Crippen LogP) is 6.76. The standard InChI is InChI=1S/C21H19ClN2O2S/c1-3-4-11-25-15-8-6-14(7-9-15)20-23-24-21(26-20)19-18(22)16-10-5-13(2)12-17(16)27-19/h5-10,12H,3-4,11H2,1-2H3. The van der Waals surface area contributed by atoms with E-state index >= 15 is 0 Å². The molecule has 0 saturated carbocycles. The van der Waals surface area contributed by atoms with E-state index in [1.165, 1.54) is 5.56 Å².